The molecule has 56 heavy (non-hydrogen) atoms. The number of aromatic nitrogens is 6. The SMILES string of the molecule is c1ccc(-c2nc(-c3ccccc3)nc(-c3ccc4c(c3)sc3cccc(-c5nc(-c6ccccc6)nc(-c6cccc7c6sc6ccccc67)n5)c34)n2)cc1. The maximum atomic E-state index is 5.26. The Bertz CT molecular complexity index is 3190. The lowest BCUT2D eigenvalue weighted by atomic mass is 10.0. The largest absolute Gasteiger partial charge is 0.208 e. The molecule has 0 saturated carbocycles. The molecular weight excluding hydrogens is 725 g/mol. The number of hydrogen-bond donors (Lipinski definition) is 0. The Hall–Kier alpha value is -7.00. The third-order valence-electron chi connectivity index (χ3n) is 10.0. The number of hydrogen-bond acceptors (Lipinski definition) is 8. The van der Waals surface area contributed by atoms with Crippen molar-refractivity contribution < 1.29 is 0 Å². The van der Waals surface area contributed by atoms with E-state index >= 15 is 0 Å². The van der Waals surface area contributed by atoms with Gasteiger partial charge in [0.1, 0.15) is 0 Å². The minimum Gasteiger partial charge on any atom is -0.208 e. The van der Waals surface area contributed by atoms with E-state index in [1.165, 1.54) is 20.2 Å². The van der Waals surface area contributed by atoms with Crippen LogP contribution >= 0.6 is 22.7 Å². The van der Waals surface area contributed by atoms with Crippen LogP contribution in [0.4, 0.5) is 0 Å². The molecule has 0 fully saturated rings. The quantitative estimate of drug-likeness (QED) is 0.168. The van der Waals surface area contributed by atoms with Crippen molar-refractivity contribution in [2.75, 3.05) is 0 Å². The molecule has 0 N–H and O–H groups in total. The molecule has 0 aliphatic carbocycles. The third kappa shape index (κ3) is 5.62. The Morgan fingerprint density at radius 2 is 0.768 bits per heavy atom. The molecule has 0 aliphatic heterocycles. The van der Waals surface area contributed by atoms with E-state index in [4.69, 9.17) is 29.9 Å². The van der Waals surface area contributed by atoms with Crippen molar-refractivity contribution >= 4 is 63.0 Å². The molecule has 4 heterocycles. The van der Waals surface area contributed by atoms with Gasteiger partial charge in [-0.1, -0.05) is 146 Å². The summed E-state index contributed by atoms with van der Waals surface area (Å²) in [5, 5.41) is 4.68. The van der Waals surface area contributed by atoms with Crippen LogP contribution in [0.2, 0.25) is 0 Å². The Labute approximate surface area is 329 Å². The zero-order valence-corrected chi connectivity index (χ0v) is 31.3. The van der Waals surface area contributed by atoms with Gasteiger partial charge in [0.25, 0.3) is 0 Å². The molecule has 0 aliphatic rings. The summed E-state index contributed by atoms with van der Waals surface area (Å²) in [6.07, 6.45) is 0. The molecule has 0 spiro atoms. The number of thiophene rings is 2. The van der Waals surface area contributed by atoms with E-state index in [1.54, 1.807) is 22.7 Å². The Balaban J connectivity index is 1.09. The Kier molecular flexibility index (Phi) is 7.75. The monoisotopic (exact) mass is 752 g/mol. The van der Waals surface area contributed by atoms with Gasteiger partial charge in [0.05, 0.1) is 0 Å². The lowest BCUT2D eigenvalue weighted by molar-refractivity contribution is 1.07. The first-order valence-electron chi connectivity index (χ1n) is 18.3. The van der Waals surface area contributed by atoms with Crippen LogP contribution in [-0.2, 0) is 0 Å². The zero-order chi connectivity index (χ0) is 37.0. The lowest BCUT2D eigenvalue weighted by Gasteiger charge is -2.10. The van der Waals surface area contributed by atoms with E-state index in [1.807, 2.05) is 78.9 Å². The van der Waals surface area contributed by atoms with Crippen LogP contribution in [0.15, 0.2) is 170 Å². The number of rotatable bonds is 6. The van der Waals surface area contributed by atoms with Gasteiger partial charge >= 0.3 is 0 Å². The van der Waals surface area contributed by atoms with Crippen LogP contribution in [0, 0.1) is 0 Å². The fraction of sp³-hybridized carbons (Fsp3) is 0. The predicted molar refractivity (Wildman–Crippen MR) is 232 cm³/mol. The minimum atomic E-state index is 0.627. The molecule has 262 valence electrons. The molecule has 11 aromatic rings. The van der Waals surface area contributed by atoms with Gasteiger partial charge in [0, 0.05) is 73.7 Å². The van der Waals surface area contributed by atoms with Crippen LogP contribution in [0.25, 0.3) is 109 Å². The van der Waals surface area contributed by atoms with Crippen molar-refractivity contribution in [2.24, 2.45) is 0 Å². The number of fused-ring (bicyclic) bond motifs is 6. The molecule has 0 atom stereocenters. The Morgan fingerprint density at radius 1 is 0.286 bits per heavy atom. The second kappa shape index (κ2) is 13.4. The van der Waals surface area contributed by atoms with Gasteiger partial charge in [-0.25, -0.2) is 29.9 Å². The van der Waals surface area contributed by atoms with Crippen LogP contribution in [0.3, 0.4) is 0 Å². The molecule has 0 amide bonds. The summed E-state index contributed by atoms with van der Waals surface area (Å²) in [7, 11) is 0. The van der Waals surface area contributed by atoms with Crippen molar-refractivity contribution in [3.63, 3.8) is 0 Å². The van der Waals surface area contributed by atoms with Crippen molar-refractivity contribution in [1.82, 2.24) is 29.9 Å². The lowest BCUT2D eigenvalue weighted by Crippen LogP contribution is -2.00. The maximum Gasteiger partial charge on any atom is 0.165 e. The predicted octanol–water partition coefficient (Wildman–Crippen LogP) is 12.8. The second-order valence-corrected chi connectivity index (χ2v) is 15.6. The van der Waals surface area contributed by atoms with Crippen LogP contribution in [-0.4, -0.2) is 29.9 Å². The highest BCUT2D eigenvalue weighted by atomic mass is 32.1. The van der Waals surface area contributed by atoms with Crippen LogP contribution < -0.4 is 0 Å². The molecule has 0 unspecified atom stereocenters. The van der Waals surface area contributed by atoms with Crippen LogP contribution in [0.5, 0.6) is 0 Å². The highest BCUT2D eigenvalue weighted by Gasteiger charge is 2.20. The summed E-state index contributed by atoms with van der Waals surface area (Å²) in [6.45, 7) is 0. The molecule has 0 bridgehead atoms. The summed E-state index contributed by atoms with van der Waals surface area (Å²) in [6, 6.07) is 58.1. The van der Waals surface area contributed by atoms with E-state index in [2.05, 4.69) is 91.0 Å². The Morgan fingerprint density at radius 3 is 1.43 bits per heavy atom. The third-order valence-corrected chi connectivity index (χ3v) is 12.3. The van der Waals surface area contributed by atoms with E-state index in [-0.39, 0.29) is 0 Å². The van der Waals surface area contributed by atoms with Crippen molar-refractivity contribution in [3.05, 3.63) is 170 Å². The zero-order valence-electron chi connectivity index (χ0n) is 29.7. The molecule has 11 rings (SSSR count). The molecular formula is C48H28N6S2. The smallest absolute Gasteiger partial charge is 0.165 e. The summed E-state index contributed by atoms with van der Waals surface area (Å²) in [4.78, 5) is 30.4. The summed E-state index contributed by atoms with van der Waals surface area (Å²) < 4.78 is 4.68. The van der Waals surface area contributed by atoms with Gasteiger partial charge in [-0.2, -0.15) is 0 Å². The van der Waals surface area contributed by atoms with E-state index < -0.39 is 0 Å². The molecule has 7 aromatic carbocycles. The summed E-state index contributed by atoms with van der Waals surface area (Å²) in [5.41, 5.74) is 5.71. The second-order valence-electron chi connectivity index (χ2n) is 13.5. The van der Waals surface area contributed by atoms with Crippen molar-refractivity contribution in [2.45, 2.75) is 0 Å². The van der Waals surface area contributed by atoms with E-state index in [0.29, 0.717) is 34.9 Å². The van der Waals surface area contributed by atoms with Gasteiger partial charge in [-0.05, 0) is 24.3 Å². The van der Waals surface area contributed by atoms with Gasteiger partial charge in [-0.3, -0.25) is 0 Å². The standard InChI is InChI=1S/C48H28N6S2/c1-4-14-29(15-5-1)43-49-44(30-16-6-2-7-17-30)51-46(50-43)32-26-27-35-40(28-32)55-39-25-13-22-36(41(35)39)47-52-45(31-18-8-3-9-19-31)53-48(54-47)37-23-12-21-34-33-20-10-11-24-38(33)56-42(34)37/h1-28H. The number of nitrogens with zero attached hydrogens (tertiary/aromatic N) is 6. The van der Waals surface area contributed by atoms with Crippen LogP contribution in [0.1, 0.15) is 0 Å². The highest BCUT2D eigenvalue weighted by Crippen LogP contribution is 2.43. The van der Waals surface area contributed by atoms with Gasteiger partial charge in [0.15, 0.2) is 34.9 Å². The van der Waals surface area contributed by atoms with Crippen molar-refractivity contribution in [3.8, 4) is 68.3 Å². The average molecular weight is 753 g/mol. The van der Waals surface area contributed by atoms with Crippen molar-refractivity contribution in [1.29, 1.82) is 0 Å². The average Bonchev–Trinajstić information content (AvgIpc) is 3.85. The molecule has 0 radical (unpaired) electrons. The summed E-state index contributed by atoms with van der Waals surface area (Å²) >= 11 is 3.52. The normalized spacial score (nSPS) is 11.6. The van der Waals surface area contributed by atoms with E-state index in [9.17, 15) is 0 Å². The topological polar surface area (TPSA) is 77.3 Å². The minimum absolute atomic E-state index is 0.627. The first-order chi connectivity index (χ1) is 27.7. The number of benzene rings is 7. The molecule has 6 nitrogen and oxygen atoms in total. The fourth-order valence-corrected chi connectivity index (χ4v) is 9.73. The molecule has 0 saturated heterocycles. The summed E-state index contributed by atoms with van der Waals surface area (Å²) in [5.74, 6) is 3.84. The van der Waals surface area contributed by atoms with Gasteiger partial charge < -0.3 is 0 Å². The first kappa shape index (κ1) is 32.4. The van der Waals surface area contributed by atoms with Gasteiger partial charge in [0.2, 0.25) is 0 Å². The first-order valence-corrected chi connectivity index (χ1v) is 19.9. The van der Waals surface area contributed by atoms with E-state index in [0.717, 1.165) is 53.6 Å². The maximum absolute atomic E-state index is 5.26. The van der Waals surface area contributed by atoms with Gasteiger partial charge in [-0.15, -0.1) is 22.7 Å². The highest BCUT2D eigenvalue weighted by molar-refractivity contribution is 7.26. The molecule has 4 aromatic heterocycles. The fourth-order valence-electron chi connectivity index (χ4n) is 7.35. The molecule has 8 heteroatoms.